The molecule has 0 bridgehead atoms. The first kappa shape index (κ1) is 6.95. The highest BCUT2D eigenvalue weighted by Gasteiger charge is 2.37. The molecule has 1 fully saturated rings. The lowest BCUT2D eigenvalue weighted by Gasteiger charge is -2.10. The van der Waals surface area contributed by atoms with Crippen molar-refractivity contribution in [2.24, 2.45) is 10.4 Å². The lowest BCUT2D eigenvalue weighted by atomic mass is 10.1. The van der Waals surface area contributed by atoms with Crippen LogP contribution in [-0.4, -0.2) is 25.6 Å². The minimum Gasteiger partial charge on any atom is -0.356 e. The third kappa shape index (κ3) is 1.64. The van der Waals surface area contributed by atoms with Crippen LogP contribution in [0.15, 0.2) is 4.99 Å². The SMILES string of the molecule is CC1(CNC2=NCCN2)CC1. The minimum atomic E-state index is 0.576. The molecule has 1 aliphatic carbocycles. The van der Waals surface area contributed by atoms with E-state index < -0.39 is 0 Å². The maximum absolute atomic E-state index is 4.26. The summed E-state index contributed by atoms with van der Waals surface area (Å²) in [6.45, 7) is 5.33. The maximum Gasteiger partial charge on any atom is 0.191 e. The summed E-state index contributed by atoms with van der Waals surface area (Å²) in [6, 6.07) is 0. The van der Waals surface area contributed by atoms with E-state index in [-0.39, 0.29) is 0 Å². The highest BCUT2D eigenvalue weighted by atomic mass is 15.2. The Morgan fingerprint density at radius 2 is 2.45 bits per heavy atom. The van der Waals surface area contributed by atoms with Crippen molar-refractivity contribution in [2.75, 3.05) is 19.6 Å². The van der Waals surface area contributed by atoms with Gasteiger partial charge >= 0.3 is 0 Å². The molecule has 62 valence electrons. The third-order valence-electron chi connectivity index (χ3n) is 2.46. The van der Waals surface area contributed by atoms with Gasteiger partial charge in [0.25, 0.3) is 0 Å². The van der Waals surface area contributed by atoms with Crippen LogP contribution in [0.1, 0.15) is 19.8 Å². The van der Waals surface area contributed by atoms with Crippen molar-refractivity contribution in [2.45, 2.75) is 19.8 Å². The Morgan fingerprint density at radius 1 is 1.64 bits per heavy atom. The van der Waals surface area contributed by atoms with Crippen molar-refractivity contribution in [3.63, 3.8) is 0 Å². The van der Waals surface area contributed by atoms with Crippen molar-refractivity contribution in [1.82, 2.24) is 10.6 Å². The molecule has 0 amide bonds. The monoisotopic (exact) mass is 153 g/mol. The van der Waals surface area contributed by atoms with E-state index in [1.165, 1.54) is 12.8 Å². The van der Waals surface area contributed by atoms with Crippen LogP contribution in [0.4, 0.5) is 0 Å². The number of nitrogens with zero attached hydrogens (tertiary/aromatic N) is 1. The van der Waals surface area contributed by atoms with Crippen LogP contribution in [0.25, 0.3) is 0 Å². The molecule has 0 unspecified atom stereocenters. The van der Waals surface area contributed by atoms with Gasteiger partial charge in [0, 0.05) is 13.1 Å². The Kier molecular flexibility index (Phi) is 1.51. The van der Waals surface area contributed by atoms with Crippen molar-refractivity contribution in [3.8, 4) is 0 Å². The molecule has 0 aromatic carbocycles. The summed E-state index contributed by atoms with van der Waals surface area (Å²) in [5, 5.41) is 6.52. The van der Waals surface area contributed by atoms with Gasteiger partial charge in [-0.15, -0.1) is 0 Å². The Balaban J connectivity index is 1.73. The van der Waals surface area contributed by atoms with Crippen molar-refractivity contribution < 1.29 is 0 Å². The molecule has 2 N–H and O–H groups in total. The van der Waals surface area contributed by atoms with Gasteiger partial charge in [-0.25, -0.2) is 0 Å². The Morgan fingerprint density at radius 3 is 3.00 bits per heavy atom. The molecule has 0 atom stereocenters. The van der Waals surface area contributed by atoms with Crippen LogP contribution >= 0.6 is 0 Å². The van der Waals surface area contributed by atoms with Gasteiger partial charge in [0.1, 0.15) is 0 Å². The van der Waals surface area contributed by atoms with Crippen molar-refractivity contribution in [1.29, 1.82) is 0 Å². The van der Waals surface area contributed by atoms with E-state index in [4.69, 9.17) is 0 Å². The highest BCUT2D eigenvalue weighted by molar-refractivity contribution is 5.81. The Labute approximate surface area is 67.3 Å². The minimum absolute atomic E-state index is 0.576. The van der Waals surface area contributed by atoms with Gasteiger partial charge in [-0.3, -0.25) is 4.99 Å². The number of aliphatic imine (C=N–C) groups is 1. The number of nitrogens with one attached hydrogen (secondary N) is 2. The summed E-state index contributed by atoms with van der Waals surface area (Å²) in [4.78, 5) is 4.26. The molecular weight excluding hydrogens is 138 g/mol. The van der Waals surface area contributed by atoms with Gasteiger partial charge in [0.15, 0.2) is 5.96 Å². The van der Waals surface area contributed by atoms with Crippen LogP contribution in [0, 0.1) is 5.41 Å². The van der Waals surface area contributed by atoms with Crippen LogP contribution in [0.3, 0.4) is 0 Å². The second-order valence-electron chi connectivity index (χ2n) is 3.82. The van der Waals surface area contributed by atoms with Gasteiger partial charge in [0.2, 0.25) is 0 Å². The fraction of sp³-hybridized carbons (Fsp3) is 0.875. The molecule has 0 aromatic rings. The quantitative estimate of drug-likeness (QED) is 0.600. The van der Waals surface area contributed by atoms with E-state index in [1.807, 2.05) is 0 Å². The molecule has 3 nitrogen and oxygen atoms in total. The second kappa shape index (κ2) is 2.40. The molecule has 2 aliphatic rings. The first-order valence-electron chi connectivity index (χ1n) is 4.31. The summed E-state index contributed by atoms with van der Waals surface area (Å²) in [5.74, 6) is 0.998. The van der Waals surface area contributed by atoms with Gasteiger partial charge in [-0.05, 0) is 18.3 Å². The summed E-state index contributed by atoms with van der Waals surface area (Å²) in [6.07, 6.45) is 2.74. The largest absolute Gasteiger partial charge is 0.356 e. The van der Waals surface area contributed by atoms with Gasteiger partial charge in [-0.2, -0.15) is 0 Å². The third-order valence-corrected chi connectivity index (χ3v) is 2.46. The molecular formula is C8H15N3. The zero-order chi connectivity index (χ0) is 7.73. The average Bonchev–Trinajstić information content (AvgIpc) is 2.53. The fourth-order valence-electron chi connectivity index (χ4n) is 1.20. The summed E-state index contributed by atoms with van der Waals surface area (Å²) < 4.78 is 0. The summed E-state index contributed by atoms with van der Waals surface area (Å²) in [5.41, 5.74) is 0.576. The van der Waals surface area contributed by atoms with E-state index in [9.17, 15) is 0 Å². The first-order chi connectivity index (χ1) is 5.29. The van der Waals surface area contributed by atoms with E-state index >= 15 is 0 Å². The molecule has 1 heterocycles. The molecule has 2 rings (SSSR count). The van der Waals surface area contributed by atoms with Crippen LogP contribution in [0.5, 0.6) is 0 Å². The standard InChI is InChI=1S/C8H15N3/c1-8(2-3-8)6-11-7-9-4-5-10-7/h2-6H2,1H3,(H2,9,10,11). The smallest absolute Gasteiger partial charge is 0.191 e. The lowest BCUT2D eigenvalue weighted by Crippen LogP contribution is -2.36. The number of rotatable bonds is 2. The molecule has 11 heavy (non-hydrogen) atoms. The highest BCUT2D eigenvalue weighted by Crippen LogP contribution is 2.43. The van der Waals surface area contributed by atoms with Crippen LogP contribution < -0.4 is 10.6 Å². The van der Waals surface area contributed by atoms with Gasteiger partial charge in [0.05, 0.1) is 6.54 Å². The Hall–Kier alpha value is -0.730. The number of guanidine groups is 1. The number of hydrogen-bond acceptors (Lipinski definition) is 3. The first-order valence-corrected chi connectivity index (χ1v) is 4.31. The number of hydrogen-bond donors (Lipinski definition) is 2. The molecule has 3 heteroatoms. The predicted molar refractivity (Wildman–Crippen MR) is 45.6 cm³/mol. The molecule has 0 saturated heterocycles. The molecule has 1 saturated carbocycles. The topological polar surface area (TPSA) is 36.4 Å². The maximum atomic E-state index is 4.26. The van der Waals surface area contributed by atoms with Gasteiger partial charge in [-0.1, -0.05) is 6.92 Å². The fourth-order valence-corrected chi connectivity index (χ4v) is 1.20. The molecule has 0 radical (unpaired) electrons. The van der Waals surface area contributed by atoms with E-state index in [0.717, 1.165) is 25.6 Å². The van der Waals surface area contributed by atoms with Crippen molar-refractivity contribution >= 4 is 5.96 Å². The molecule has 1 aliphatic heterocycles. The molecule has 0 aromatic heterocycles. The zero-order valence-corrected chi connectivity index (χ0v) is 6.98. The Bertz CT molecular complexity index is 182. The molecule has 0 spiro atoms. The van der Waals surface area contributed by atoms with E-state index in [1.54, 1.807) is 0 Å². The summed E-state index contributed by atoms with van der Waals surface area (Å²) in [7, 11) is 0. The average molecular weight is 153 g/mol. The second-order valence-corrected chi connectivity index (χ2v) is 3.82. The van der Waals surface area contributed by atoms with Crippen LogP contribution in [0.2, 0.25) is 0 Å². The van der Waals surface area contributed by atoms with Gasteiger partial charge < -0.3 is 10.6 Å². The predicted octanol–water partition coefficient (Wildman–Crippen LogP) is 0.335. The van der Waals surface area contributed by atoms with E-state index in [0.29, 0.717) is 5.41 Å². The summed E-state index contributed by atoms with van der Waals surface area (Å²) >= 11 is 0. The van der Waals surface area contributed by atoms with Crippen molar-refractivity contribution in [3.05, 3.63) is 0 Å². The van der Waals surface area contributed by atoms with Crippen LogP contribution in [-0.2, 0) is 0 Å². The normalized spacial score (nSPS) is 25.7. The van der Waals surface area contributed by atoms with E-state index in [2.05, 4.69) is 22.5 Å². The zero-order valence-electron chi connectivity index (χ0n) is 6.98. The lowest BCUT2D eigenvalue weighted by molar-refractivity contribution is 0.552.